The zero-order valence-corrected chi connectivity index (χ0v) is 17.5. The number of anilines is 3. The van der Waals surface area contributed by atoms with Gasteiger partial charge in [0.1, 0.15) is 23.7 Å². The SMILES string of the molecule is COc1ccc(C=NNc2ncnc3c(Nc4cccc(Cl)c4)ncnc23)cc1OC. The Labute approximate surface area is 183 Å². The number of rotatable bonds is 7. The van der Waals surface area contributed by atoms with E-state index in [4.69, 9.17) is 21.1 Å². The highest BCUT2D eigenvalue weighted by Crippen LogP contribution is 2.27. The lowest BCUT2D eigenvalue weighted by molar-refractivity contribution is 0.355. The molecule has 2 heterocycles. The van der Waals surface area contributed by atoms with Crippen molar-refractivity contribution in [2.45, 2.75) is 0 Å². The number of fused-ring (bicyclic) bond motifs is 1. The van der Waals surface area contributed by atoms with Gasteiger partial charge in [-0.15, -0.1) is 0 Å². The Kier molecular flexibility index (Phi) is 6.04. The van der Waals surface area contributed by atoms with Gasteiger partial charge >= 0.3 is 0 Å². The Morgan fingerprint density at radius 3 is 2.35 bits per heavy atom. The summed E-state index contributed by atoms with van der Waals surface area (Å²) in [6, 6.07) is 12.8. The molecule has 0 saturated carbocycles. The number of nitrogens with one attached hydrogen (secondary N) is 2. The Hall–Kier alpha value is -3.98. The van der Waals surface area contributed by atoms with Crippen molar-refractivity contribution in [2.24, 2.45) is 5.10 Å². The van der Waals surface area contributed by atoms with Gasteiger partial charge in [-0.3, -0.25) is 5.43 Å². The van der Waals surface area contributed by atoms with E-state index >= 15 is 0 Å². The molecule has 0 amide bonds. The van der Waals surface area contributed by atoms with E-state index in [0.29, 0.717) is 39.2 Å². The van der Waals surface area contributed by atoms with Gasteiger partial charge in [0.15, 0.2) is 23.1 Å². The summed E-state index contributed by atoms with van der Waals surface area (Å²) in [5.41, 5.74) is 5.58. The first kappa shape index (κ1) is 20.3. The van der Waals surface area contributed by atoms with Crippen LogP contribution in [0.3, 0.4) is 0 Å². The van der Waals surface area contributed by atoms with Crippen LogP contribution in [0.1, 0.15) is 5.56 Å². The molecule has 10 heteroatoms. The number of methoxy groups -OCH3 is 2. The van der Waals surface area contributed by atoms with Crippen LogP contribution in [-0.2, 0) is 0 Å². The molecule has 0 atom stereocenters. The predicted molar refractivity (Wildman–Crippen MR) is 121 cm³/mol. The predicted octanol–water partition coefficient (Wildman–Crippen LogP) is 4.28. The fourth-order valence-electron chi connectivity index (χ4n) is 2.86. The second-order valence-corrected chi connectivity index (χ2v) is 6.70. The number of nitrogens with zero attached hydrogens (tertiary/aromatic N) is 5. The van der Waals surface area contributed by atoms with Crippen LogP contribution in [0.4, 0.5) is 17.3 Å². The number of hydrazone groups is 1. The number of hydrogen-bond donors (Lipinski definition) is 2. The fourth-order valence-corrected chi connectivity index (χ4v) is 3.05. The van der Waals surface area contributed by atoms with Crippen LogP contribution >= 0.6 is 11.6 Å². The lowest BCUT2D eigenvalue weighted by Crippen LogP contribution is -2.02. The molecule has 0 unspecified atom stereocenters. The maximum Gasteiger partial charge on any atom is 0.176 e. The van der Waals surface area contributed by atoms with Gasteiger partial charge in [-0.1, -0.05) is 17.7 Å². The lowest BCUT2D eigenvalue weighted by atomic mass is 10.2. The van der Waals surface area contributed by atoms with Crippen molar-refractivity contribution in [3.05, 3.63) is 65.7 Å². The van der Waals surface area contributed by atoms with Gasteiger partial charge in [-0.05, 0) is 42.0 Å². The second-order valence-electron chi connectivity index (χ2n) is 6.26. The molecule has 0 spiro atoms. The highest BCUT2D eigenvalue weighted by Gasteiger charge is 2.10. The molecule has 4 rings (SSSR count). The van der Waals surface area contributed by atoms with Gasteiger partial charge in [-0.2, -0.15) is 5.10 Å². The third-order valence-corrected chi connectivity index (χ3v) is 4.53. The first-order valence-corrected chi connectivity index (χ1v) is 9.55. The Morgan fingerprint density at radius 1 is 0.871 bits per heavy atom. The minimum absolute atomic E-state index is 0.443. The Balaban J connectivity index is 1.58. The minimum atomic E-state index is 0.443. The molecule has 0 radical (unpaired) electrons. The minimum Gasteiger partial charge on any atom is -0.493 e. The normalized spacial score (nSPS) is 10.9. The van der Waals surface area contributed by atoms with Gasteiger partial charge < -0.3 is 14.8 Å². The molecule has 0 aliphatic rings. The molecule has 0 aliphatic heterocycles. The molecule has 0 aliphatic carbocycles. The van der Waals surface area contributed by atoms with E-state index in [9.17, 15) is 0 Å². The largest absolute Gasteiger partial charge is 0.493 e. The molecular weight excluding hydrogens is 418 g/mol. The fraction of sp³-hybridized carbons (Fsp3) is 0.0952. The molecule has 2 aromatic carbocycles. The van der Waals surface area contributed by atoms with Gasteiger partial charge in [0.05, 0.1) is 20.4 Å². The summed E-state index contributed by atoms with van der Waals surface area (Å²) in [5.74, 6) is 2.23. The van der Waals surface area contributed by atoms with E-state index < -0.39 is 0 Å². The van der Waals surface area contributed by atoms with Crippen LogP contribution in [0.5, 0.6) is 11.5 Å². The maximum atomic E-state index is 6.06. The summed E-state index contributed by atoms with van der Waals surface area (Å²) in [5, 5.41) is 8.08. The smallest absolute Gasteiger partial charge is 0.176 e. The van der Waals surface area contributed by atoms with Crippen LogP contribution < -0.4 is 20.2 Å². The first-order chi connectivity index (χ1) is 15.2. The maximum absolute atomic E-state index is 6.06. The van der Waals surface area contributed by atoms with Crippen LogP contribution in [-0.4, -0.2) is 40.4 Å². The monoisotopic (exact) mass is 435 g/mol. The number of aromatic nitrogens is 4. The standard InChI is InChI=1S/C21H18ClN7O2/c1-30-16-7-6-13(8-17(16)31-2)10-27-29-21-19-18(23-12-26-21)20(25-11-24-19)28-15-5-3-4-14(22)9-15/h3-12H,1-2H3,(H,23,26,29)(H,24,25,28). The molecule has 0 bridgehead atoms. The summed E-state index contributed by atoms with van der Waals surface area (Å²) in [6.45, 7) is 0. The average Bonchev–Trinajstić information content (AvgIpc) is 2.79. The summed E-state index contributed by atoms with van der Waals surface area (Å²) in [7, 11) is 3.17. The molecule has 0 saturated heterocycles. The highest BCUT2D eigenvalue weighted by atomic mass is 35.5. The summed E-state index contributed by atoms with van der Waals surface area (Å²) in [4.78, 5) is 17.1. The van der Waals surface area contributed by atoms with Crippen molar-refractivity contribution in [1.82, 2.24) is 19.9 Å². The lowest BCUT2D eigenvalue weighted by Gasteiger charge is -2.09. The quantitative estimate of drug-likeness (QED) is 0.327. The van der Waals surface area contributed by atoms with E-state index in [1.807, 2.05) is 24.3 Å². The number of benzene rings is 2. The highest BCUT2D eigenvalue weighted by molar-refractivity contribution is 6.30. The molecule has 0 fully saturated rings. The molecule has 9 nitrogen and oxygen atoms in total. The van der Waals surface area contributed by atoms with E-state index in [1.165, 1.54) is 12.7 Å². The molecular formula is C21H18ClN7O2. The molecule has 4 aromatic rings. The number of ether oxygens (including phenoxy) is 2. The van der Waals surface area contributed by atoms with E-state index in [1.54, 1.807) is 38.6 Å². The molecule has 156 valence electrons. The average molecular weight is 436 g/mol. The van der Waals surface area contributed by atoms with Crippen molar-refractivity contribution >= 4 is 46.2 Å². The van der Waals surface area contributed by atoms with Crippen molar-refractivity contribution in [3.8, 4) is 11.5 Å². The van der Waals surface area contributed by atoms with Crippen LogP contribution in [0.2, 0.25) is 5.02 Å². The summed E-state index contributed by atoms with van der Waals surface area (Å²) in [6.07, 6.45) is 4.49. The van der Waals surface area contributed by atoms with E-state index in [0.717, 1.165) is 11.3 Å². The Bertz CT molecular complexity index is 1250. The van der Waals surface area contributed by atoms with Crippen molar-refractivity contribution in [1.29, 1.82) is 0 Å². The summed E-state index contributed by atoms with van der Waals surface area (Å²) >= 11 is 6.06. The third-order valence-electron chi connectivity index (χ3n) is 4.30. The number of halogens is 1. The van der Waals surface area contributed by atoms with Crippen molar-refractivity contribution in [3.63, 3.8) is 0 Å². The van der Waals surface area contributed by atoms with E-state index in [-0.39, 0.29) is 0 Å². The van der Waals surface area contributed by atoms with Gasteiger partial charge in [0.2, 0.25) is 0 Å². The van der Waals surface area contributed by atoms with Crippen LogP contribution in [0, 0.1) is 0 Å². The topological polar surface area (TPSA) is 106 Å². The second kappa shape index (κ2) is 9.23. The van der Waals surface area contributed by atoms with Crippen molar-refractivity contribution < 1.29 is 9.47 Å². The Morgan fingerprint density at radius 2 is 1.61 bits per heavy atom. The van der Waals surface area contributed by atoms with E-state index in [2.05, 4.69) is 35.8 Å². The zero-order valence-electron chi connectivity index (χ0n) is 16.7. The zero-order chi connectivity index (χ0) is 21.6. The first-order valence-electron chi connectivity index (χ1n) is 9.17. The van der Waals surface area contributed by atoms with Crippen molar-refractivity contribution in [2.75, 3.05) is 25.0 Å². The third kappa shape index (κ3) is 4.62. The van der Waals surface area contributed by atoms with Gasteiger partial charge in [0.25, 0.3) is 0 Å². The van der Waals surface area contributed by atoms with Gasteiger partial charge in [-0.25, -0.2) is 19.9 Å². The number of hydrogen-bond acceptors (Lipinski definition) is 9. The van der Waals surface area contributed by atoms with Crippen LogP contribution in [0.25, 0.3) is 11.0 Å². The molecule has 2 aromatic heterocycles. The van der Waals surface area contributed by atoms with Gasteiger partial charge in [0, 0.05) is 10.7 Å². The summed E-state index contributed by atoms with van der Waals surface area (Å²) < 4.78 is 10.6. The van der Waals surface area contributed by atoms with Crippen LogP contribution in [0.15, 0.2) is 60.2 Å². The molecule has 31 heavy (non-hydrogen) atoms. The molecule has 2 N–H and O–H groups in total.